The molecule has 2 rings (SSSR count). The fraction of sp³-hybridized carbons (Fsp3) is 0.333. The highest BCUT2D eigenvalue weighted by Gasteiger charge is 2.14. The molecule has 17 heavy (non-hydrogen) atoms. The highest BCUT2D eigenvalue weighted by atomic mass is 32.2. The zero-order valence-electron chi connectivity index (χ0n) is 9.82. The van der Waals surface area contributed by atoms with Crippen molar-refractivity contribution in [1.29, 1.82) is 0 Å². The summed E-state index contributed by atoms with van der Waals surface area (Å²) in [4.78, 5) is 17.4. The number of carbonyl (C=O) groups excluding carboxylic acids is 1. The molecule has 0 unspecified atom stereocenters. The van der Waals surface area contributed by atoms with Crippen molar-refractivity contribution in [2.45, 2.75) is 11.8 Å². The van der Waals surface area contributed by atoms with Crippen molar-refractivity contribution >= 4 is 34.6 Å². The van der Waals surface area contributed by atoms with E-state index in [0.717, 1.165) is 33.5 Å². The molecule has 3 nitrogen and oxygen atoms in total. The van der Waals surface area contributed by atoms with E-state index in [4.69, 9.17) is 0 Å². The fourth-order valence-corrected chi connectivity index (χ4v) is 2.71. The molecule has 1 heterocycles. The average Bonchev–Trinajstić information content (AvgIpc) is 2.82. The van der Waals surface area contributed by atoms with Gasteiger partial charge in [0.25, 0.3) is 5.91 Å². The quantitative estimate of drug-likeness (QED) is 0.836. The number of amides is 1. The topological polar surface area (TPSA) is 41.5 Å². The van der Waals surface area contributed by atoms with Crippen LogP contribution in [-0.4, -0.2) is 29.6 Å². The monoisotopic (exact) mass is 266 g/mol. The van der Waals surface area contributed by atoms with Crippen LogP contribution in [0.3, 0.4) is 0 Å². The first-order chi connectivity index (χ1) is 8.20. The van der Waals surface area contributed by atoms with Gasteiger partial charge in [-0.1, -0.05) is 17.8 Å². The molecule has 0 aromatic heterocycles. The summed E-state index contributed by atoms with van der Waals surface area (Å²) in [6.45, 7) is 2.74. The Morgan fingerprint density at radius 2 is 2.35 bits per heavy atom. The van der Waals surface area contributed by atoms with Gasteiger partial charge in [-0.25, -0.2) is 0 Å². The molecule has 0 bridgehead atoms. The molecule has 0 radical (unpaired) electrons. The molecule has 0 saturated heterocycles. The number of nitrogens with one attached hydrogen (secondary N) is 1. The summed E-state index contributed by atoms with van der Waals surface area (Å²) in [7, 11) is 0. The lowest BCUT2D eigenvalue weighted by molar-refractivity contribution is 0.0977. The molecular formula is C12H14N2OS2. The molecule has 0 fully saturated rings. The van der Waals surface area contributed by atoms with E-state index >= 15 is 0 Å². The molecule has 0 atom stereocenters. The van der Waals surface area contributed by atoms with E-state index in [2.05, 4.69) is 10.3 Å². The normalized spacial score (nSPS) is 14.6. The van der Waals surface area contributed by atoms with Crippen LogP contribution in [0.2, 0.25) is 0 Å². The van der Waals surface area contributed by atoms with Gasteiger partial charge >= 0.3 is 0 Å². The number of nitrogens with zero attached hydrogens (tertiary/aromatic N) is 1. The maximum Gasteiger partial charge on any atom is 0.257 e. The summed E-state index contributed by atoms with van der Waals surface area (Å²) < 4.78 is 0. The molecule has 0 saturated carbocycles. The maximum absolute atomic E-state index is 12.1. The molecule has 1 N–H and O–H groups in total. The highest BCUT2D eigenvalue weighted by Crippen LogP contribution is 2.19. The number of aryl methyl sites for hydroxylation is 1. The number of hydrogen-bond donors (Lipinski definition) is 1. The number of hydrogen-bond acceptors (Lipinski definition) is 4. The van der Waals surface area contributed by atoms with Crippen LogP contribution in [0.25, 0.3) is 0 Å². The van der Waals surface area contributed by atoms with Gasteiger partial charge in [0.05, 0.1) is 6.54 Å². The number of carbonyl (C=O) groups is 1. The molecule has 0 aliphatic carbocycles. The van der Waals surface area contributed by atoms with Crippen LogP contribution in [0.15, 0.2) is 28.1 Å². The lowest BCUT2D eigenvalue weighted by atomic mass is 10.1. The number of rotatable bonds is 2. The first-order valence-corrected chi connectivity index (χ1v) is 7.55. The second kappa shape index (κ2) is 5.60. The second-order valence-corrected chi connectivity index (χ2v) is 5.63. The van der Waals surface area contributed by atoms with E-state index in [0.29, 0.717) is 0 Å². The zero-order valence-corrected chi connectivity index (χ0v) is 11.5. The summed E-state index contributed by atoms with van der Waals surface area (Å²) in [6.07, 6.45) is 2.00. The summed E-state index contributed by atoms with van der Waals surface area (Å²) >= 11 is 3.23. The summed E-state index contributed by atoms with van der Waals surface area (Å²) in [5, 5.41) is 3.59. The van der Waals surface area contributed by atoms with Gasteiger partial charge in [-0.05, 0) is 30.9 Å². The van der Waals surface area contributed by atoms with Crippen LogP contribution >= 0.6 is 23.5 Å². The van der Waals surface area contributed by atoms with Crippen molar-refractivity contribution in [3.05, 3.63) is 29.3 Å². The van der Waals surface area contributed by atoms with Crippen LogP contribution in [0.1, 0.15) is 15.9 Å². The van der Waals surface area contributed by atoms with E-state index in [1.807, 2.05) is 31.4 Å². The first kappa shape index (κ1) is 12.5. The average molecular weight is 266 g/mol. The summed E-state index contributed by atoms with van der Waals surface area (Å²) in [6, 6.07) is 5.93. The Balaban J connectivity index is 2.17. The summed E-state index contributed by atoms with van der Waals surface area (Å²) in [5.41, 5.74) is 1.72. The van der Waals surface area contributed by atoms with E-state index < -0.39 is 0 Å². The first-order valence-electron chi connectivity index (χ1n) is 5.34. The van der Waals surface area contributed by atoms with E-state index in [-0.39, 0.29) is 5.91 Å². The molecule has 1 amide bonds. The second-order valence-electron chi connectivity index (χ2n) is 3.67. The van der Waals surface area contributed by atoms with Crippen LogP contribution in [-0.2, 0) is 0 Å². The maximum atomic E-state index is 12.1. The number of aliphatic imine (C=N–C) groups is 1. The number of thioether (sulfide) groups is 2. The van der Waals surface area contributed by atoms with Crippen LogP contribution < -0.4 is 5.32 Å². The SMILES string of the molecule is CSc1ccc(C)c(C(=O)NC2=NCCS2)c1. The van der Waals surface area contributed by atoms with E-state index in [1.54, 1.807) is 23.5 Å². The molecule has 90 valence electrons. The van der Waals surface area contributed by atoms with Crippen LogP contribution in [0.4, 0.5) is 0 Å². The van der Waals surface area contributed by atoms with E-state index in [1.165, 1.54) is 0 Å². The number of amidine groups is 1. The largest absolute Gasteiger partial charge is 0.301 e. The number of benzene rings is 1. The van der Waals surface area contributed by atoms with Gasteiger partial charge in [0.15, 0.2) is 5.17 Å². The van der Waals surface area contributed by atoms with Crippen molar-refractivity contribution < 1.29 is 4.79 Å². The van der Waals surface area contributed by atoms with Gasteiger partial charge < -0.3 is 5.32 Å². The molecule has 5 heteroatoms. The third kappa shape index (κ3) is 3.04. The van der Waals surface area contributed by atoms with Crippen molar-refractivity contribution in [3.63, 3.8) is 0 Å². The minimum Gasteiger partial charge on any atom is -0.301 e. The predicted octanol–water partition coefficient (Wildman–Crippen LogP) is 2.55. The van der Waals surface area contributed by atoms with Gasteiger partial charge in [0.1, 0.15) is 0 Å². The fourth-order valence-electron chi connectivity index (χ4n) is 1.55. The zero-order chi connectivity index (χ0) is 12.3. The van der Waals surface area contributed by atoms with E-state index in [9.17, 15) is 4.79 Å². The van der Waals surface area contributed by atoms with Crippen LogP contribution in [0, 0.1) is 6.92 Å². The lowest BCUT2D eigenvalue weighted by Crippen LogP contribution is -2.28. The minimum absolute atomic E-state index is 0.0634. The Morgan fingerprint density at radius 1 is 1.53 bits per heavy atom. The molecule has 1 aliphatic heterocycles. The predicted molar refractivity (Wildman–Crippen MR) is 75.2 cm³/mol. The Hall–Kier alpha value is -0.940. The molecule has 1 aromatic carbocycles. The third-order valence-corrected chi connectivity index (χ3v) is 4.11. The molecule has 0 spiro atoms. The Labute approximate surface area is 109 Å². The Kier molecular flexibility index (Phi) is 4.12. The third-order valence-electron chi connectivity index (χ3n) is 2.50. The lowest BCUT2D eigenvalue weighted by Gasteiger charge is -2.08. The van der Waals surface area contributed by atoms with Gasteiger partial charge in [0.2, 0.25) is 0 Å². The standard InChI is InChI=1S/C12H14N2OS2/c1-8-3-4-9(16-2)7-10(8)11(15)14-12-13-5-6-17-12/h3-4,7H,5-6H2,1-2H3,(H,13,14,15). The van der Waals surface area contributed by atoms with Crippen molar-refractivity contribution in [1.82, 2.24) is 5.32 Å². The molecule has 1 aliphatic rings. The van der Waals surface area contributed by atoms with Gasteiger partial charge in [0, 0.05) is 16.2 Å². The molecular weight excluding hydrogens is 252 g/mol. The van der Waals surface area contributed by atoms with Crippen molar-refractivity contribution in [3.8, 4) is 0 Å². The van der Waals surface area contributed by atoms with Gasteiger partial charge in [-0.3, -0.25) is 9.79 Å². The highest BCUT2D eigenvalue weighted by molar-refractivity contribution is 8.14. The Bertz CT molecular complexity index is 472. The minimum atomic E-state index is -0.0634. The van der Waals surface area contributed by atoms with Gasteiger partial charge in [-0.2, -0.15) is 0 Å². The Morgan fingerprint density at radius 3 is 3.00 bits per heavy atom. The van der Waals surface area contributed by atoms with Crippen LogP contribution in [0.5, 0.6) is 0 Å². The molecule has 1 aromatic rings. The van der Waals surface area contributed by atoms with Crippen molar-refractivity contribution in [2.24, 2.45) is 4.99 Å². The summed E-state index contributed by atoms with van der Waals surface area (Å²) in [5.74, 6) is 0.894. The van der Waals surface area contributed by atoms with Crippen molar-refractivity contribution in [2.75, 3.05) is 18.6 Å². The smallest absolute Gasteiger partial charge is 0.257 e. The van der Waals surface area contributed by atoms with Gasteiger partial charge in [-0.15, -0.1) is 11.8 Å².